The lowest BCUT2D eigenvalue weighted by molar-refractivity contribution is -0.142. The molecule has 7 heteroatoms. The predicted molar refractivity (Wildman–Crippen MR) is 56.4 cm³/mol. The molecule has 0 aromatic rings. The van der Waals surface area contributed by atoms with Gasteiger partial charge in [0.2, 0.25) is 5.91 Å². The number of carboxylic acid groups (broad SMARTS) is 2. The Labute approximate surface area is 97.6 Å². The molecular formula is C9H14ClNO5. The van der Waals surface area contributed by atoms with E-state index >= 15 is 0 Å². The SMILES string of the molecule is O=C(O)CCCC(NC(=O)CCCl)C(=O)O. The number of carbonyl (C=O) groups excluding carboxylic acids is 1. The molecule has 0 bridgehead atoms. The van der Waals surface area contributed by atoms with Crippen molar-refractivity contribution >= 4 is 29.4 Å². The monoisotopic (exact) mass is 251 g/mol. The van der Waals surface area contributed by atoms with Crippen molar-refractivity contribution in [2.24, 2.45) is 0 Å². The van der Waals surface area contributed by atoms with Gasteiger partial charge in [-0.1, -0.05) is 0 Å². The number of alkyl halides is 1. The molecule has 1 amide bonds. The van der Waals surface area contributed by atoms with Crippen LogP contribution in [0, 0.1) is 0 Å². The van der Waals surface area contributed by atoms with Gasteiger partial charge in [-0.05, 0) is 12.8 Å². The molecule has 0 aliphatic carbocycles. The molecule has 0 aromatic carbocycles. The molecule has 1 unspecified atom stereocenters. The standard InChI is InChI=1S/C9H14ClNO5/c10-5-4-7(12)11-6(9(15)16)2-1-3-8(13)14/h6H,1-5H2,(H,11,12)(H,13,14)(H,15,16). The van der Waals surface area contributed by atoms with Crippen LogP contribution in [0.5, 0.6) is 0 Å². The van der Waals surface area contributed by atoms with Crippen LogP contribution in [0.4, 0.5) is 0 Å². The van der Waals surface area contributed by atoms with Gasteiger partial charge >= 0.3 is 11.9 Å². The van der Waals surface area contributed by atoms with Crippen molar-refractivity contribution in [1.29, 1.82) is 0 Å². The van der Waals surface area contributed by atoms with Crippen molar-refractivity contribution < 1.29 is 24.6 Å². The zero-order chi connectivity index (χ0) is 12.6. The fourth-order valence-electron chi connectivity index (χ4n) is 1.07. The van der Waals surface area contributed by atoms with E-state index in [-0.39, 0.29) is 31.6 Å². The molecule has 0 saturated heterocycles. The van der Waals surface area contributed by atoms with E-state index < -0.39 is 23.9 Å². The Morgan fingerprint density at radius 3 is 2.25 bits per heavy atom. The van der Waals surface area contributed by atoms with Crippen molar-refractivity contribution in [1.82, 2.24) is 5.32 Å². The number of aliphatic carboxylic acids is 2. The molecule has 0 spiro atoms. The van der Waals surface area contributed by atoms with Gasteiger partial charge in [-0.3, -0.25) is 9.59 Å². The minimum atomic E-state index is -1.17. The summed E-state index contributed by atoms with van der Waals surface area (Å²) in [7, 11) is 0. The first-order valence-corrected chi connectivity index (χ1v) is 5.30. The highest BCUT2D eigenvalue weighted by molar-refractivity contribution is 6.18. The lowest BCUT2D eigenvalue weighted by Crippen LogP contribution is -2.40. The molecule has 0 fully saturated rings. The molecule has 3 N–H and O–H groups in total. The van der Waals surface area contributed by atoms with Crippen LogP contribution in [-0.2, 0) is 14.4 Å². The van der Waals surface area contributed by atoms with Gasteiger partial charge in [0.25, 0.3) is 0 Å². The van der Waals surface area contributed by atoms with E-state index in [1.165, 1.54) is 0 Å². The second kappa shape index (κ2) is 7.92. The van der Waals surface area contributed by atoms with Crippen molar-refractivity contribution in [2.75, 3.05) is 5.88 Å². The Bertz CT molecular complexity index is 269. The van der Waals surface area contributed by atoms with Crippen LogP contribution in [-0.4, -0.2) is 40.0 Å². The van der Waals surface area contributed by atoms with Gasteiger partial charge < -0.3 is 15.5 Å². The summed E-state index contributed by atoms with van der Waals surface area (Å²) in [4.78, 5) is 32.0. The van der Waals surface area contributed by atoms with E-state index in [9.17, 15) is 14.4 Å². The molecule has 0 aliphatic heterocycles. The zero-order valence-electron chi connectivity index (χ0n) is 8.61. The predicted octanol–water partition coefficient (Wildman–Crippen LogP) is 0.440. The quantitative estimate of drug-likeness (QED) is 0.543. The molecule has 92 valence electrons. The molecule has 1 atom stereocenters. The van der Waals surface area contributed by atoms with Gasteiger partial charge in [0.15, 0.2) is 0 Å². The maximum Gasteiger partial charge on any atom is 0.326 e. The molecular weight excluding hydrogens is 238 g/mol. The van der Waals surface area contributed by atoms with E-state index in [0.29, 0.717) is 0 Å². The van der Waals surface area contributed by atoms with Crippen LogP contribution in [0.1, 0.15) is 25.7 Å². The summed E-state index contributed by atoms with van der Waals surface area (Å²) in [6.45, 7) is 0. The Morgan fingerprint density at radius 2 is 1.81 bits per heavy atom. The maximum atomic E-state index is 11.1. The van der Waals surface area contributed by atoms with Crippen LogP contribution >= 0.6 is 11.6 Å². The van der Waals surface area contributed by atoms with Crippen LogP contribution in [0.25, 0.3) is 0 Å². The first kappa shape index (κ1) is 14.7. The van der Waals surface area contributed by atoms with Crippen molar-refractivity contribution in [3.63, 3.8) is 0 Å². The van der Waals surface area contributed by atoms with Gasteiger partial charge in [0.1, 0.15) is 6.04 Å². The second-order valence-electron chi connectivity index (χ2n) is 3.18. The summed E-state index contributed by atoms with van der Waals surface area (Å²) in [5.74, 6) is -2.49. The normalized spacial score (nSPS) is 11.8. The fraction of sp³-hybridized carbons (Fsp3) is 0.667. The largest absolute Gasteiger partial charge is 0.481 e. The van der Waals surface area contributed by atoms with Crippen molar-refractivity contribution in [3.05, 3.63) is 0 Å². The van der Waals surface area contributed by atoms with Crippen LogP contribution < -0.4 is 5.32 Å². The summed E-state index contributed by atoms with van der Waals surface area (Å²) in [6.07, 6.45) is 0.225. The molecule has 0 heterocycles. The summed E-state index contributed by atoms with van der Waals surface area (Å²) in [5, 5.41) is 19.4. The number of carbonyl (C=O) groups is 3. The number of halogens is 1. The third kappa shape index (κ3) is 7.05. The van der Waals surface area contributed by atoms with Gasteiger partial charge in [-0.25, -0.2) is 4.79 Å². The van der Waals surface area contributed by atoms with E-state index in [4.69, 9.17) is 21.8 Å². The van der Waals surface area contributed by atoms with Gasteiger partial charge in [0.05, 0.1) is 0 Å². The van der Waals surface area contributed by atoms with E-state index in [0.717, 1.165) is 0 Å². The van der Waals surface area contributed by atoms with Crippen molar-refractivity contribution in [2.45, 2.75) is 31.7 Å². The third-order valence-electron chi connectivity index (χ3n) is 1.84. The Kier molecular flexibility index (Phi) is 7.28. The summed E-state index contributed by atoms with van der Waals surface area (Å²) in [6, 6.07) is -1.05. The lowest BCUT2D eigenvalue weighted by Gasteiger charge is -2.13. The Morgan fingerprint density at radius 1 is 1.19 bits per heavy atom. The number of amides is 1. The van der Waals surface area contributed by atoms with E-state index in [1.54, 1.807) is 0 Å². The Hall–Kier alpha value is -1.30. The number of hydrogen-bond donors (Lipinski definition) is 3. The maximum absolute atomic E-state index is 11.1. The van der Waals surface area contributed by atoms with Crippen molar-refractivity contribution in [3.8, 4) is 0 Å². The number of hydrogen-bond acceptors (Lipinski definition) is 3. The molecule has 0 rings (SSSR count). The minimum absolute atomic E-state index is 0.0459. The zero-order valence-corrected chi connectivity index (χ0v) is 9.37. The molecule has 6 nitrogen and oxygen atoms in total. The second-order valence-corrected chi connectivity index (χ2v) is 3.56. The van der Waals surface area contributed by atoms with Crippen LogP contribution in [0.15, 0.2) is 0 Å². The summed E-state index contributed by atoms with van der Waals surface area (Å²) >= 11 is 5.32. The van der Waals surface area contributed by atoms with Gasteiger partial charge in [0, 0.05) is 18.7 Å². The van der Waals surface area contributed by atoms with Gasteiger partial charge in [-0.2, -0.15) is 0 Å². The average molecular weight is 252 g/mol. The van der Waals surface area contributed by atoms with E-state index in [2.05, 4.69) is 5.32 Å². The average Bonchev–Trinajstić information content (AvgIpc) is 2.15. The first-order valence-electron chi connectivity index (χ1n) is 4.77. The highest BCUT2D eigenvalue weighted by atomic mass is 35.5. The Balaban J connectivity index is 4.02. The summed E-state index contributed by atoms with van der Waals surface area (Å²) < 4.78 is 0. The molecule has 0 aliphatic rings. The lowest BCUT2D eigenvalue weighted by atomic mass is 10.1. The fourth-order valence-corrected chi connectivity index (χ4v) is 1.24. The number of rotatable bonds is 8. The number of nitrogens with one attached hydrogen (secondary N) is 1. The molecule has 16 heavy (non-hydrogen) atoms. The number of carboxylic acids is 2. The van der Waals surface area contributed by atoms with Crippen LogP contribution in [0.2, 0.25) is 0 Å². The molecule has 0 radical (unpaired) electrons. The van der Waals surface area contributed by atoms with E-state index in [1.807, 2.05) is 0 Å². The minimum Gasteiger partial charge on any atom is -0.481 e. The highest BCUT2D eigenvalue weighted by Gasteiger charge is 2.19. The molecule has 0 saturated carbocycles. The summed E-state index contributed by atoms with van der Waals surface area (Å²) in [5.41, 5.74) is 0. The van der Waals surface area contributed by atoms with Crippen LogP contribution in [0.3, 0.4) is 0 Å². The van der Waals surface area contributed by atoms with Gasteiger partial charge in [-0.15, -0.1) is 11.6 Å². The topological polar surface area (TPSA) is 104 Å². The molecule has 0 aromatic heterocycles. The smallest absolute Gasteiger partial charge is 0.326 e. The third-order valence-corrected chi connectivity index (χ3v) is 2.03. The first-order chi connectivity index (χ1) is 7.47. The highest BCUT2D eigenvalue weighted by Crippen LogP contribution is 2.02.